The second-order valence-electron chi connectivity index (χ2n) is 5.46. The fourth-order valence-electron chi connectivity index (χ4n) is 2.62. The number of aromatic nitrogens is 2. The maximum Gasteiger partial charge on any atom is 0.165 e. The van der Waals surface area contributed by atoms with Crippen LogP contribution >= 0.6 is 0 Å². The van der Waals surface area contributed by atoms with Crippen LogP contribution in [0.5, 0.6) is 11.5 Å². The summed E-state index contributed by atoms with van der Waals surface area (Å²) in [5.41, 5.74) is 1.20. The third-order valence-corrected chi connectivity index (χ3v) is 3.65. The number of aryl methyl sites for hydroxylation is 1. The van der Waals surface area contributed by atoms with Crippen LogP contribution in [-0.4, -0.2) is 22.4 Å². The zero-order valence-electron chi connectivity index (χ0n) is 11.9. The van der Waals surface area contributed by atoms with Crippen LogP contribution in [0.25, 0.3) is 0 Å². The van der Waals surface area contributed by atoms with Gasteiger partial charge in [-0.3, -0.25) is 4.68 Å². The summed E-state index contributed by atoms with van der Waals surface area (Å²) in [6, 6.07) is 8.59. The van der Waals surface area contributed by atoms with Gasteiger partial charge in [-0.05, 0) is 44.0 Å². The Morgan fingerprint density at radius 1 is 1.35 bits per heavy atom. The Morgan fingerprint density at radius 2 is 2.30 bits per heavy atom. The van der Waals surface area contributed by atoms with Crippen LogP contribution in [-0.2, 0) is 6.54 Å². The molecule has 20 heavy (non-hydrogen) atoms. The van der Waals surface area contributed by atoms with Crippen molar-refractivity contribution in [3.8, 4) is 11.5 Å². The van der Waals surface area contributed by atoms with E-state index in [1.54, 1.807) is 6.20 Å². The van der Waals surface area contributed by atoms with Crippen molar-refractivity contribution in [1.29, 1.82) is 0 Å². The van der Waals surface area contributed by atoms with Gasteiger partial charge in [0.25, 0.3) is 0 Å². The molecule has 0 saturated carbocycles. The second kappa shape index (κ2) is 6.09. The molecule has 0 spiro atoms. The van der Waals surface area contributed by atoms with Crippen molar-refractivity contribution in [3.63, 3.8) is 0 Å². The summed E-state index contributed by atoms with van der Waals surface area (Å²) in [6.45, 7) is 4.10. The summed E-state index contributed by atoms with van der Waals surface area (Å²) in [6.07, 6.45) is 7.58. The largest absolute Gasteiger partial charge is 0.454 e. The predicted octanol–water partition coefficient (Wildman–Crippen LogP) is 3.13. The van der Waals surface area contributed by atoms with Crippen LogP contribution in [0.3, 0.4) is 0 Å². The van der Waals surface area contributed by atoms with Crippen molar-refractivity contribution < 1.29 is 4.74 Å². The number of nitrogens with one attached hydrogen (secondary N) is 1. The molecule has 1 atom stereocenters. The maximum atomic E-state index is 5.83. The van der Waals surface area contributed by atoms with Gasteiger partial charge in [-0.2, -0.15) is 5.10 Å². The quantitative estimate of drug-likeness (QED) is 0.928. The van der Waals surface area contributed by atoms with Crippen molar-refractivity contribution in [1.82, 2.24) is 15.1 Å². The molecule has 1 aromatic heterocycles. The van der Waals surface area contributed by atoms with Gasteiger partial charge in [0.15, 0.2) is 5.75 Å². The van der Waals surface area contributed by atoms with Crippen molar-refractivity contribution in [2.24, 2.45) is 0 Å². The van der Waals surface area contributed by atoms with Gasteiger partial charge in [-0.25, -0.2) is 0 Å². The van der Waals surface area contributed by atoms with E-state index >= 15 is 0 Å². The van der Waals surface area contributed by atoms with Crippen LogP contribution < -0.4 is 10.1 Å². The number of ether oxygens (including phenoxy) is 1. The molecule has 4 heteroatoms. The minimum Gasteiger partial charge on any atom is -0.454 e. The fourth-order valence-corrected chi connectivity index (χ4v) is 2.62. The summed E-state index contributed by atoms with van der Waals surface area (Å²) in [7, 11) is 0. The fraction of sp³-hybridized carbons (Fsp3) is 0.438. The number of hydrogen-bond donors (Lipinski definition) is 1. The predicted molar refractivity (Wildman–Crippen MR) is 79.1 cm³/mol. The summed E-state index contributed by atoms with van der Waals surface area (Å²) in [4.78, 5) is 0. The van der Waals surface area contributed by atoms with E-state index < -0.39 is 0 Å². The first-order chi connectivity index (χ1) is 9.79. The number of benzene rings is 1. The van der Waals surface area contributed by atoms with Gasteiger partial charge < -0.3 is 10.1 Å². The number of piperidine rings is 1. The zero-order valence-corrected chi connectivity index (χ0v) is 11.9. The van der Waals surface area contributed by atoms with Gasteiger partial charge >= 0.3 is 0 Å². The van der Waals surface area contributed by atoms with Crippen molar-refractivity contribution >= 4 is 0 Å². The van der Waals surface area contributed by atoms with Crippen LogP contribution in [0.4, 0.5) is 0 Å². The molecule has 4 nitrogen and oxygen atoms in total. The lowest BCUT2D eigenvalue weighted by Crippen LogP contribution is -2.37. The van der Waals surface area contributed by atoms with E-state index in [1.807, 2.05) is 29.1 Å². The molecular weight excluding hydrogens is 250 g/mol. The van der Waals surface area contributed by atoms with E-state index in [9.17, 15) is 0 Å². The topological polar surface area (TPSA) is 39.1 Å². The van der Waals surface area contributed by atoms with E-state index in [0.717, 1.165) is 24.6 Å². The Bertz CT molecular complexity index is 558. The van der Waals surface area contributed by atoms with Crippen molar-refractivity contribution in [2.45, 2.75) is 38.8 Å². The van der Waals surface area contributed by atoms with Gasteiger partial charge in [-0.1, -0.05) is 18.6 Å². The summed E-state index contributed by atoms with van der Waals surface area (Å²) >= 11 is 0. The average Bonchev–Trinajstić information content (AvgIpc) is 2.87. The third-order valence-electron chi connectivity index (χ3n) is 3.65. The molecule has 1 fully saturated rings. The molecule has 2 heterocycles. The standard InChI is InChI=1S/C16H21N3O/c1-13-5-4-7-15(9-13)20-16-10-18-19(12-16)11-14-6-2-3-8-17-14/h4-5,7,9-10,12,14,17H,2-3,6,8,11H2,1H3. The van der Waals surface area contributed by atoms with Crippen LogP contribution in [0.2, 0.25) is 0 Å². The Balaban J connectivity index is 1.61. The van der Waals surface area contributed by atoms with Crippen LogP contribution in [0, 0.1) is 6.92 Å². The zero-order chi connectivity index (χ0) is 13.8. The molecule has 1 aliphatic heterocycles. The van der Waals surface area contributed by atoms with E-state index in [-0.39, 0.29) is 0 Å². The van der Waals surface area contributed by atoms with Crippen LogP contribution in [0.15, 0.2) is 36.7 Å². The molecule has 1 saturated heterocycles. The SMILES string of the molecule is Cc1cccc(Oc2cnn(CC3CCCCN3)c2)c1. The molecule has 0 amide bonds. The number of nitrogens with zero attached hydrogens (tertiary/aromatic N) is 2. The highest BCUT2D eigenvalue weighted by atomic mass is 16.5. The molecule has 0 radical (unpaired) electrons. The molecule has 3 rings (SSSR count). The Kier molecular flexibility index (Phi) is 4.02. The first kappa shape index (κ1) is 13.2. The Morgan fingerprint density at radius 3 is 3.10 bits per heavy atom. The molecule has 1 aromatic carbocycles. The first-order valence-electron chi connectivity index (χ1n) is 7.30. The van der Waals surface area contributed by atoms with Gasteiger partial charge in [0.2, 0.25) is 0 Å². The highest BCUT2D eigenvalue weighted by Crippen LogP contribution is 2.21. The molecule has 0 bridgehead atoms. The molecule has 1 unspecified atom stereocenters. The van der Waals surface area contributed by atoms with E-state index in [0.29, 0.717) is 6.04 Å². The van der Waals surface area contributed by atoms with Gasteiger partial charge in [0, 0.05) is 6.04 Å². The van der Waals surface area contributed by atoms with E-state index in [2.05, 4.69) is 23.4 Å². The Labute approximate surface area is 119 Å². The Hall–Kier alpha value is -1.81. The molecule has 2 aromatic rings. The monoisotopic (exact) mass is 271 g/mol. The van der Waals surface area contributed by atoms with Crippen LogP contribution in [0.1, 0.15) is 24.8 Å². The molecule has 0 aliphatic carbocycles. The van der Waals surface area contributed by atoms with E-state index in [4.69, 9.17) is 4.74 Å². The number of rotatable bonds is 4. The van der Waals surface area contributed by atoms with Crippen molar-refractivity contribution in [2.75, 3.05) is 6.54 Å². The summed E-state index contributed by atoms with van der Waals surface area (Å²) < 4.78 is 7.79. The average molecular weight is 271 g/mol. The maximum absolute atomic E-state index is 5.83. The third kappa shape index (κ3) is 3.39. The minimum absolute atomic E-state index is 0.537. The molecular formula is C16H21N3O. The number of hydrogen-bond acceptors (Lipinski definition) is 3. The molecule has 1 aliphatic rings. The summed E-state index contributed by atoms with van der Waals surface area (Å²) in [5.74, 6) is 1.66. The van der Waals surface area contributed by atoms with Gasteiger partial charge in [0.05, 0.1) is 18.9 Å². The highest BCUT2D eigenvalue weighted by Gasteiger charge is 2.13. The molecule has 106 valence electrons. The second-order valence-corrected chi connectivity index (χ2v) is 5.46. The lowest BCUT2D eigenvalue weighted by atomic mass is 10.1. The lowest BCUT2D eigenvalue weighted by molar-refractivity contribution is 0.350. The lowest BCUT2D eigenvalue weighted by Gasteiger charge is -2.23. The van der Waals surface area contributed by atoms with Gasteiger partial charge in [0.1, 0.15) is 5.75 Å². The highest BCUT2D eigenvalue weighted by molar-refractivity contribution is 5.31. The minimum atomic E-state index is 0.537. The normalized spacial score (nSPS) is 18.9. The van der Waals surface area contributed by atoms with E-state index in [1.165, 1.54) is 24.8 Å². The summed E-state index contributed by atoms with van der Waals surface area (Å²) in [5, 5.41) is 7.91. The molecule has 1 N–H and O–H groups in total. The van der Waals surface area contributed by atoms with Gasteiger partial charge in [-0.15, -0.1) is 0 Å². The smallest absolute Gasteiger partial charge is 0.165 e. The first-order valence-corrected chi connectivity index (χ1v) is 7.30. The van der Waals surface area contributed by atoms with Crippen molar-refractivity contribution in [3.05, 3.63) is 42.2 Å².